The number of nitrogens with two attached hydrogens (primary N) is 1. The number of amidine groups is 1. The Hall–Kier alpha value is -0.810. The van der Waals surface area contributed by atoms with Crippen LogP contribution in [0.15, 0.2) is 5.16 Å². The summed E-state index contributed by atoms with van der Waals surface area (Å²) >= 11 is 0. The van der Waals surface area contributed by atoms with E-state index in [0.29, 0.717) is 12.3 Å². The number of rotatable bonds is 8. The second-order valence-corrected chi connectivity index (χ2v) is 4.77. The topological polar surface area (TPSA) is 65.1 Å². The van der Waals surface area contributed by atoms with Crippen molar-refractivity contribution in [2.24, 2.45) is 10.9 Å². The Morgan fingerprint density at radius 1 is 1.31 bits per heavy atom. The molecule has 1 aliphatic rings. The van der Waals surface area contributed by atoms with E-state index in [2.05, 4.69) is 29.1 Å². The van der Waals surface area contributed by atoms with Gasteiger partial charge in [-0.2, -0.15) is 0 Å². The van der Waals surface area contributed by atoms with Gasteiger partial charge in [0.1, 0.15) is 5.84 Å². The normalized spacial score (nSPS) is 17.4. The highest BCUT2D eigenvalue weighted by Crippen LogP contribution is 2.26. The maximum Gasteiger partial charge on any atom is 0.140 e. The molecule has 0 radical (unpaired) electrons. The third kappa shape index (κ3) is 5.32. The van der Waals surface area contributed by atoms with E-state index < -0.39 is 0 Å². The third-order valence-electron chi connectivity index (χ3n) is 2.90. The fraction of sp³-hybridized carbons (Fsp3) is 0.909. The molecule has 1 fully saturated rings. The minimum atomic E-state index is 0.332. The van der Waals surface area contributed by atoms with Crippen molar-refractivity contribution in [3.8, 4) is 0 Å². The van der Waals surface area contributed by atoms with Crippen molar-refractivity contribution in [2.45, 2.75) is 31.7 Å². The van der Waals surface area contributed by atoms with Gasteiger partial charge in [0, 0.05) is 19.0 Å². The predicted octanol–water partition coefficient (Wildman–Crippen LogP) is 0.539. The van der Waals surface area contributed by atoms with E-state index in [9.17, 15) is 0 Å². The first-order valence-electron chi connectivity index (χ1n) is 5.98. The summed E-state index contributed by atoms with van der Waals surface area (Å²) in [6.45, 7) is 3.14. The molecule has 0 amide bonds. The van der Waals surface area contributed by atoms with Crippen LogP contribution < -0.4 is 5.73 Å². The summed E-state index contributed by atoms with van der Waals surface area (Å²) in [5, 5.41) is 11.5. The highest BCUT2D eigenvalue weighted by atomic mass is 16.4. The molecule has 0 saturated heterocycles. The van der Waals surface area contributed by atoms with E-state index in [-0.39, 0.29) is 0 Å². The van der Waals surface area contributed by atoms with Crippen LogP contribution in [-0.4, -0.2) is 60.6 Å². The number of hydrogen-bond acceptors (Lipinski definition) is 4. The Bertz CT molecular complexity index is 226. The molecule has 0 heterocycles. The monoisotopic (exact) mass is 228 g/mol. The Balaban J connectivity index is 2.20. The first-order valence-corrected chi connectivity index (χ1v) is 5.98. The lowest BCUT2D eigenvalue weighted by atomic mass is 10.3. The molecule has 0 spiro atoms. The molecule has 0 bridgehead atoms. The van der Waals surface area contributed by atoms with Crippen LogP contribution in [0.25, 0.3) is 0 Å². The maximum absolute atomic E-state index is 8.49. The molecule has 0 atom stereocenters. The fourth-order valence-corrected chi connectivity index (χ4v) is 1.81. The number of nitrogens with zero attached hydrogens (tertiary/aromatic N) is 3. The lowest BCUT2D eigenvalue weighted by molar-refractivity contribution is 0.250. The Labute approximate surface area is 97.9 Å². The first-order chi connectivity index (χ1) is 7.63. The zero-order chi connectivity index (χ0) is 12.0. The lowest BCUT2D eigenvalue weighted by Gasteiger charge is -2.22. The van der Waals surface area contributed by atoms with E-state index >= 15 is 0 Å². The largest absolute Gasteiger partial charge is 0.409 e. The summed E-state index contributed by atoms with van der Waals surface area (Å²) in [6, 6.07) is 0.744. The Morgan fingerprint density at radius 3 is 2.50 bits per heavy atom. The van der Waals surface area contributed by atoms with Crippen molar-refractivity contribution in [3.63, 3.8) is 0 Å². The molecule has 0 aliphatic heterocycles. The number of hydrogen-bond donors (Lipinski definition) is 2. The van der Waals surface area contributed by atoms with Crippen LogP contribution in [0.5, 0.6) is 0 Å². The van der Waals surface area contributed by atoms with Crippen LogP contribution in [0.2, 0.25) is 0 Å². The molecule has 1 rings (SSSR count). The summed E-state index contributed by atoms with van der Waals surface area (Å²) in [7, 11) is 4.19. The van der Waals surface area contributed by atoms with Crippen molar-refractivity contribution in [3.05, 3.63) is 0 Å². The third-order valence-corrected chi connectivity index (χ3v) is 2.90. The van der Waals surface area contributed by atoms with Crippen LogP contribution in [0.3, 0.4) is 0 Å². The van der Waals surface area contributed by atoms with Gasteiger partial charge in [-0.15, -0.1) is 0 Å². The highest BCUT2D eigenvalue weighted by molar-refractivity contribution is 5.79. The van der Waals surface area contributed by atoms with Crippen LogP contribution in [0.1, 0.15) is 25.7 Å². The minimum absolute atomic E-state index is 0.332. The Kier molecular flexibility index (Phi) is 5.55. The first kappa shape index (κ1) is 13.3. The van der Waals surface area contributed by atoms with Crippen molar-refractivity contribution in [1.29, 1.82) is 0 Å². The van der Waals surface area contributed by atoms with Crippen LogP contribution in [0.4, 0.5) is 0 Å². The van der Waals surface area contributed by atoms with Crippen molar-refractivity contribution in [2.75, 3.05) is 33.7 Å². The summed E-state index contributed by atoms with van der Waals surface area (Å²) in [5.41, 5.74) is 5.48. The zero-order valence-corrected chi connectivity index (χ0v) is 10.4. The van der Waals surface area contributed by atoms with Gasteiger partial charge in [-0.25, -0.2) is 0 Å². The smallest absolute Gasteiger partial charge is 0.140 e. The lowest BCUT2D eigenvalue weighted by Crippen LogP contribution is -2.32. The second kappa shape index (κ2) is 6.70. The van der Waals surface area contributed by atoms with Gasteiger partial charge in [-0.05, 0) is 46.4 Å². The fourth-order valence-electron chi connectivity index (χ4n) is 1.81. The van der Waals surface area contributed by atoms with Gasteiger partial charge in [0.15, 0.2) is 0 Å². The maximum atomic E-state index is 8.49. The SMILES string of the molecule is CN(C)CCCN(CCC(N)=NO)C1CC1. The molecule has 1 saturated carbocycles. The molecule has 16 heavy (non-hydrogen) atoms. The quantitative estimate of drug-likeness (QED) is 0.275. The Morgan fingerprint density at radius 2 is 2.00 bits per heavy atom. The average Bonchev–Trinajstić information content (AvgIpc) is 3.05. The van der Waals surface area contributed by atoms with E-state index in [1.165, 1.54) is 19.3 Å². The average molecular weight is 228 g/mol. The summed E-state index contributed by atoms with van der Waals surface area (Å²) < 4.78 is 0. The molecular weight excluding hydrogens is 204 g/mol. The molecule has 0 aromatic carbocycles. The van der Waals surface area contributed by atoms with Crippen LogP contribution in [-0.2, 0) is 0 Å². The number of oxime groups is 1. The molecule has 94 valence electrons. The summed E-state index contributed by atoms with van der Waals surface area (Å²) in [5.74, 6) is 0.332. The molecule has 0 aromatic heterocycles. The molecular formula is C11H24N4O. The van der Waals surface area contributed by atoms with Crippen molar-refractivity contribution < 1.29 is 5.21 Å². The van der Waals surface area contributed by atoms with Gasteiger partial charge < -0.3 is 15.8 Å². The van der Waals surface area contributed by atoms with E-state index in [1.54, 1.807) is 0 Å². The van der Waals surface area contributed by atoms with Crippen molar-refractivity contribution >= 4 is 5.84 Å². The van der Waals surface area contributed by atoms with Gasteiger partial charge in [-0.1, -0.05) is 5.16 Å². The van der Waals surface area contributed by atoms with E-state index in [0.717, 1.165) is 25.7 Å². The molecule has 5 heteroatoms. The zero-order valence-electron chi connectivity index (χ0n) is 10.4. The molecule has 5 nitrogen and oxygen atoms in total. The highest BCUT2D eigenvalue weighted by Gasteiger charge is 2.28. The van der Waals surface area contributed by atoms with E-state index in [4.69, 9.17) is 10.9 Å². The standard InChI is InChI=1S/C11H24N4O/c1-14(2)7-3-8-15(10-4-5-10)9-6-11(12)13-16/h10,16H,3-9H2,1-2H3,(H2,12,13). The molecule has 0 aromatic rings. The molecule has 3 N–H and O–H groups in total. The van der Waals surface area contributed by atoms with Gasteiger partial charge in [0.05, 0.1) is 0 Å². The van der Waals surface area contributed by atoms with E-state index in [1.807, 2.05) is 0 Å². The van der Waals surface area contributed by atoms with Gasteiger partial charge in [-0.3, -0.25) is 4.90 Å². The minimum Gasteiger partial charge on any atom is -0.409 e. The molecule has 0 unspecified atom stereocenters. The van der Waals surface area contributed by atoms with Crippen molar-refractivity contribution in [1.82, 2.24) is 9.80 Å². The van der Waals surface area contributed by atoms with Gasteiger partial charge in [0.2, 0.25) is 0 Å². The van der Waals surface area contributed by atoms with Gasteiger partial charge >= 0.3 is 0 Å². The second-order valence-electron chi connectivity index (χ2n) is 4.77. The summed E-state index contributed by atoms with van der Waals surface area (Å²) in [6.07, 6.45) is 4.45. The van der Waals surface area contributed by atoms with Gasteiger partial charge in [0.25, 0.3) is 0 Å². The summed E-state index contributed by atoms with van der Waals surface area (Å²) in [4.78, 5) is 4.66. The van der Waals surface area contributed by atoms with Crippen LogP contribution in [0, 0.1) is 0 Å². The molecule has 1 aliphatic carbocycles. The van der Waals surface area contributed by atoms with Crippen LogP contribution >= 0.6 is 0 Å². The predicted molar refractivity (Wildman–Crippen MR) is 65.8 cm³/mol.